The van der Waals surface area contributed by atoms with Gasteiger partial charge in [0.1, 0.15) is 6.54 Å². The number of amides is 2. The molecule has 5 heteroatoms. The smallest absolute Gasteiger partial charge is 0.237 e. The summed E-state index contributed by atoms with van der Waals surface area (Å²) in [5.41, 5.74) is 6.64. The Labute approximate surface area is 86.9 Å². The molecular weight excluding hydrogens is 194 g/mol. The van der Waals surface area contributed by atoms with Crippen molar-refractivity contribution < 1.29 is 9.59 Å². The predicted molar refractivity (Wildman–Crippen MR) is 54.1 cm³/mol. The zero-order valence-electron chi connectivity index (χ0n) is 8.14. The van der Waals surface area contributed by atoms with E-state index < -0.39 is 5.91 Å². The Morgan fingerprint density at radius 1 is 1.53 bits per heavy atom. The van der Waals surface area contributed by atoms with E-state index in [4.69, 9.17) is 5.73 Å². The summed E-state index contributed by atoms with van der Waals surface area (Å²) < 4.78 is 0. The highest BCUT2D eigenvalue weighted by atomic mass is 16.2. The van der Waals surface area contributed by atoms with Gasteiger partial charge in [-0.15, -0.1) is 0 Å². The van der Waals surface area contributed by atoms with Crippen LogP contribution < -0.4 is 10.6 Å². The maximum atomic E-state index is 11.6. The Morgan fingerprint density at radius 2 is 2.33 bits per heavy atom. The van der Waals surface area contributed by atoms with Crippen LogP contribution in [0.5, 0.6) is 0 Å². The monoisotopic (exact) mass is 205 g/mol. The van der Waals surface area contributed by atoms with Crippen LogP contribution in [0.1, 0.15) is 12.1 Å². The summed E-state index contributed by atoms with van der Waals surface area (Å²) in [6, 6.07) is 3.52. The molecule has 0 aliphatic carbocycles. The van der Waals surface area contributed by atoms with Gasteiger partial charge in [0, 0.05) is 19.0 Å². The molecule has 0 fully saturated rings. The first-order valence-electron chi connectivity index (χ1n) is 4.71. The molecule has 0 unspecified atom stereocenters. The molecule has 0 saturated heterocycles. The van der Waals surface area contributed by atoms with Crippen LogP contribution >= 0.6 is 0 Å². The standard InChI is InChI=1S/C10H11N3O2/c11-9(14)6-13-8-2-1-5-12-7(8)3-4-10(13)15/h1-2,5H,3-4,6H2,(H2,11,14). The van der Waals surface area contributed by atoms with E-state index in [1.165, 1.54) is 4.90 Å². The number of pyridine rings is 1. The average molecular weight is 205 g/mol. The van der Waals surface area contributed by atoms with Crippen molar-refractivity contribution in [2.45, 2.75) is 12.8 Å². The normalized spacial score (nSPS) is 14.9. The minimum absolute atomic E-state index is 0.0719. The fourth-order valence-corrected chi connectivity index (χ4v) is 1.69. The van der Waals surface area contributed by atoms with Crippen LogP contribution in [-0.4, -0.2) is 23.3 Å². The van der Waals surface area contributed by atoms with Crippen LogP contribution in [0.3, 0.4) is 0 Å². The number of nitrogens with two attached hydrogens (primary N) is 1. The van der Waals surface area contributed by atoms with Gasteiger partial charge in [-0.25, -0.2) is 0 Å². The highest BCUT2D eigenvalue weighted by molar-refractivity contribution is 6.00. The Hall–Kier alpha value is -1.91. The molecular formula is C10H11N3O2. The molecule has 2 amide bonds. The van der Waals surface area contributed by atoms with Crippen molar-refractivity contribution in [3.8, 4) is 0 Å². The lowest BCUT2D eigenvalue weighted by Crippen LogP contribution is -2.41. The third-order valence-corrected chi connectivity index (χ3v) is 2.35. The highest BCUT2D eigenvalue weighted by Crippen LogP contribution is 2.24. The minimum Gasteiger partial charge on any atom is -0.368 e. The molecule has 1 aliphatic rings. The molecule has 2 heterocycles. The Kier molecular flexibility index (Phi) is 2.37. The van der Waals surface area contributed by atoms with Crippen molar-refractivity contribution in [3.05, 3.63) is 24.0 Å². The number of carbonyl (C=O) groups is 2. The van der Waals surface area contributed by atoms with Gasteiger partial charge in [-0.3, -0.25) is 14.6 Å². The first kappa shape index (κ1) is 9.64. The van der Waals surface area contributed by atoms with Crippen LogP contribution in [0.25, 0.3) is 0 Å². The van der Waals surface area contributed by atoms with Gasteiger partial charge in [-0.1, -0.05) is 0 Å². The summed E-state index contributed by atoms with van der Waals surface area (Å²) in [5.74, 6) is -0.589. The summed E-state index contributed by atoms with van der Waals surface area (Å²) in [6.45, 7) is -0.0719. The number of nitrogens with zero attached hydrogens (tertiary/aromatic N) is 2. The van der Waals surface area contributed by atoms with Gasteiger partial charge in [-0.2, -0.15) is 0 Å². The molecule has 5 nitrogen and oxygen atoms in total. The average Bonchev–Trinajstić information content (AvgIpc) is 2.22. The molecule has 1 aromatic rings. The predicted octanol–water partition coefficient (Wildman–Crippen LogP) is -0.154. The zero-order valence-corrected chi connectivity index (χ0v) is 8.14. The zero-order chi connectivity index (χ0) is 10.8. The number of hydrogen-bond donors (Lipinski definition) is 1. The Morgan fingerprint density at radius 3 is 3.07 bits per heavy atom. The van der Waals surface area contributed by atoms with Crippen molar-refractivity contribution in [1.29, 1.82) is 0 Å². The molecule has 78 valence electrons. The minimum atomic E-state index is -0.514. The van der Waals surface area contributed by atoms with Gasteiger partial charge in [0.05, 0.1) is 11.4 Å². The van der Waals surface area contributed by atoms with Crippen molar-refractivity contribution in [2.24, 2.45) is 5.73 Å². The summed E-state index contributed by atoms with van der Waals surface area (Å²) >= 11 is 0. The van der Waals surface area contributed by atoms with E-state index in [0.29, 0.717) is 18.5 Å². The molecule has 0 aromatic carbocycles. The largest absolute Gasteiger partial charge is 0.368 e. The molecule has 0 spiro atoms. The van der Waals surface area contributed by atoms with Crippen molar-refractivity contribution in [2.75, 3.05) is 11.4 Å². The van der Waals surface area contributed by atoms with Gasteiger partial charge >= 0.3 is 0 Å². The van der Waals surface area contributed by atoms with Crippen LogP contribution in [-0.2, 0) is 16.0 Å². The number of primary amides is 1. The molecule has 0 atom stereocenters. The number of anilines is 1. The number of aryl methyl sites for hydroxylation is 1. The Bertz CT molecular complexity index is 417. The number of hydrogen-bond acceptors (Lipinski definition) is 3. The lowest BCUT2D eigenvalue weighted by atomic mass is 10.1. The van der Waals surface area contributed by atoms with E-state index in [2.05, 4.69) is 4.98 Å². The fraction of sp³-hybridized carbons (Fsp3) is 0.300. The first-order chi connectivity index (χ1) is 7.18. The summed E-state index contributed by atoms with van der Waals surface area (Å²) in [6.07, 6.45) is 2.69. The van der Waals surface area contributed by atoms with E-state index >= 15 is 0 Å². The van der Waals surface area contributed by atoms with E-state index in [-0.39, 0.29) is 12.5 Å². The maximum Gasteiger partial charge on any atom is 0.237 e. The lowest BCUT2D eigenvalue weighted by Gasteiger charge is -2.27. The van der Waals surface area contributed by atoms with E-state index in [0.717, 1.165) is 5.69 Å². The molecule has 2 N–H and O–H groups in total. The van der Waals surface area contributed by atoms with Gasteiger partial charge in [-0.05, 0) is 12.1 Å². The Balaban J connectivity index is 2.37. The van der Waals surface area contributed by atoms with E-state index in [1.807, 2.05) is 0 Å². The topological polar surface area (TPSA) is 76.3 Å². The molecule has 0 radical (unpaired) electrons. The van der Waals surface area contributed by atoms with Crippen LogP contribution in [0.2, 0.25) is 0 Å². The van der Waals surface area contributed by atoms with Crippen molar-refractivity contribution >= 4 is 17.5 Å². The molecule has 0 bridgehead atoms. The first-order valence-corrected chi connectivity index (χ1v) is 4.71. The van der Waals surface area contributed by atoms with E-state index in [1.54, 1.807) is 18.3 Å². The van der Waals surface area contributed by atoms with E-state index in [9.17, 15) is 9.59 Å². The summed E-state index contributed by atoms with van der Waals surface area (Å²) in [5, 5.41) is 0. The number of rotatable bonds is 2. The fourth-order valence-electron chi connectivity index (χ4n) is 1.69. The lowest BCUT2D eigenvalue weighted by molar-refractivity contribution is -0.122. The van der Waals surface area contributed by atoms with Crippen LogP contribution in [0.4, 0.5) is 5.69 Å². The maximum absolute atomic E-state index is 11.6. The quantitative estimate of drug-likeness (QED) is 0.729. The van der Waals surface area contributed by atoms with Gasteiger partial charge in [0.15, 0.2) is 0 Å². The van der Waals surface area contributed by atoms with Crippen LogP contribution in [0.15, 0.2) is 18.3 Å². The third kappa shape index (κ3) is 1.81. The molecule has 15 heavy (non-hydrogen) atoms. The van der Waals surface area contributed by atoms with Gasteiger partial charge in [0.2, 0.25) is 11.8 Å². The molecule has 0 saturated carbocycles. The van der Waals surface area contributed by atoms with Crippen molar-refractivity contribution in [1.82, 2.24) is 4.98 Å². The third-order valence-electron chi connectivity index (χ3n) is 2.35. The summed E-state index contributed by atoms with van der Waals surface area (Å²) in [4.78, 5) is 28.0. The van der Waals surface area contributed by atoms with Gasteiger partial charge < -0.3 is 10.6 Å². The second-order valence-electron chi connectivity index (χ2n) is 3.42. The molecule has 1 aromatic heterocycles. The second-order valence-corrected chi connectivity index (χ2v) is 3.42. The number of carbonyl (C=O) groups excluding carboxylic acids is 2. The molecule has 2 rings (SSSR count). The second kappa shape index (κ2) is 3.68. The SMILES string of the molecule is NC(=O)CN1C(=O)CCc2ncccc21. The van der Waals surface area contributed by atoms with Crippen molar-refractivity contribution in [3.63, 3.8) is 0 Å². The van der Waals surface area contributed by atoms with Gasteiger partial charge in [0.25, 0.3) is 0 Å². The number of aromatic nitrogens is 1. The van der Waals surface area contributed by atoms with Crippen LogP contribution in [0, 0.1) is 0 Å². The molecule has 1 aliphatic heterocycles. The summed E-state index contributed by atoms with van der Waals surface area (Å²) in [7, 11) is 0. The number of fused-ring (bicyclic) bond motifs is 1. The highest BCUT2D eigenvalue weighted by Gasteiger charge is 2.25.